The molecule has 1 aliphatic rings. The fourth-order valence-corrected chi connectivity index (χ4v) is 6.14. The van der Waals surface area contributed by atoms with Crippen LogP contribution in [0.25, 0.3) is 10.2 Å². The smallest absolute Gasteiger partial charge is 0.263 e. The Morgan fingerprint density at radius 1 is 1.40 bits per heavy atom. The molecular weight excluding hydrogens is 414 g/mol. The highest BCUT2D eigenvalue weighted by molar-refractivity contribution is 8.00. The second-order valence-electron chi connectivity index (χ2n) is 7.54. The molecule has 0 N–H and O–H groups in total. The Hall–Kier alpha value is -2.14. The third kappa shape index (κ3) is 4.31. The van der Waals surface area contributed by atoms with Crippen LogP contribution in [0, 0.1) is 18.3 Å². The van der Waals surface area contributed by atoms with Crippen LogP contribution >= 0.6 is 23.1 Å². The van der Waals surface area contributed by atoms with E-state index in [0.717, 1.165) is 52.1 Å². The highest BCUT2D eigenvalue weighted by Crippen LogP contribution is 2.31. The lowest BCUT2D eigenvalue weighted by atomic mass is 10.1. The summed E-state index contributed by atoms with van der Waals surface area (Å²) in [6.07, 6.45) is 3.41. The van der Waals surface area contributed by atoms with Gasteiger partial charge in [0.2, 0.25) is 0 Å². The number of benzene rings is 1. The molecule has 0 radical (unpaired) electrons. The third-order valence-electron chi connectivity index (χ3n) is 5.50. The predicted octanol–water partition coefficient (Wildman–Crippen LogP) is 4.73. The number of ether oxygens (including phenoxy) is 1. The number of nitriles is 1. The molecule has 30 heavy (non-hydrogen) atoms. The highest BCUT2D eigenvalue weighted by atomic mass is 32.2. The summed E-state index contributed by atoms with van der Waals surface area (Å²) in [7, 11) is 0. The van der Waals surface area contributed by atoms with Crippen molar-refractivity contribution in [3.8, 4) is 6.07 Å². The zero-order valence-electron chi connectivity index (χ0n) is 17.3. The van der Waals surface area contributed by atoms with Crippen LogP contribution in [-0.4, -0.2) is 27.5 Å². The quantitative estimate of drug-likeness (QED) is 0.393. The van der Waals surface area contributed by atoms with Crippen molar-refractivity contribution in [2.24, 2.45) is 0 Å². The topological polar surface area (TPSA) is 67.9 Å². The first-order valence-corrected chi connectivity index (χ1v) is 12.0. The number of fused-ring (bicyclic) bond motifs is 1. The molecule has 0 aliphatic carbocycles. The van der Waals surface area contributed by atoms with Crippen LogP contribution in [0.3, 0.4) is 0 Å². The molecule has 3 aromatic rings. The number of thioether (sulfide) groups is 1. The van der Waals surface area contributed by atoms with Crippen molar-refractivity contribution in [3.63, 3.8) is 0 Å². The average molecular weight is 440 g/mol. The third-order valence-corrected chi connectivity index (χ3v) is 7.62. The summed E-state index contributed by atoms with van der Waals surface area (Å²) < 4.78 is 7.56. The van der Waals surface area contributed by atoms with Crippen LogP contribution in [0.5, 0.6) is 0 Å². The van der Waals surface area contributed by atoms with Gasteiger partial charge in [0.15, 0.2) is 5.16 Å². The average Bonchev–Trinajstić information content (AvgIpc) is 3.37. The zero-order valence-corrected chi connectivity index (χ0v) is 18.9. The number of thiophene rings is 1. The molecule has 1 aliphatic heterocycles. The van der Waals surface area contributed by atoms with Gasteiger partial charge in [-0.15, -0.1) is 11.3 Å². The minimum Gasteiger partial charge on any atom is -0.376 e. The van der Waals surface area contributed by atoms with Crippen LogP contribution in [0.4, 0.5) is 0 Å². The normalized spacial score (nSPS) is 17.3. The van der Waals surface area contributed by atoms with Crippen LogP contribution in [0.15, 0.2) is 40.3 Å². The molecule has 0 spiro atoms. The van der Waals surface area contributed by atoms with Crippen LogP contribution in [0.2, 0.25) is 0 Å². The lowest BCUT2D eigenvalue weighted by Crippen LogP contribution is -2.29. The molecule has 4 rings (SSSR count). The number of aromatic nitrogens is 2. The number of rotatable bonds is 7. The van der Waals surface area contributed by atoms with E-state index in [2.05, 4.69) is 19.9 Å². The van der Waals surface area contributed by atoms with E-state index in [1.807, 2.05) is 30.3 Å². The maximum absolute atomic E-state index is 13.5. The summed E-state index contributed by atoms with van der Waals surface area (Å²) in [6, 6.07) is 12.4. The number of aryl methyl sites for hydroxylation is 2. The van der Waals surface area contributed by atoms with E-state index < -0.39 is 0 Å². The molecule has 0 saturated carbocycles. The van der Waals surface area contributed by atoms with Gasteiger partial charge < -0.3 is 4.74 Å². The second kappa shape index (κ2) is 9.34. The standard InChI is InChI=1S/C23H25N3O2S2/c1-3-19-15(2)29-21-20(19)22(27)26(14-17-10-7-11-28-17)23(25-21)30-18(13-24)12-16-8-5-4-6-9-16/h4-6,8-9,17-18H,3,7,10-12,14H2,1-2H3/t17-,18-/m1/s1. The Morgan fingerprint density at radius 2 is 2.20 bits per heavy atom. The first kappa shape index (κ1) is 21.1. The Labute approximate surface area is 184 Å². The molecule has 1 fully saturated rings. The van der Waals surface area contributed by atoms with Crippen LogP contribution < -0.4 is 5.56 Å². The van der Waals surface area contributed by atoms with Crippen molar-refractivity contribution in [1.82, 2.24) is 9.55 Å². The summed E-state index contributed by atoms with van der Waals surface area (Å²) in [5, 5.41) is 10.8. The number of hydrogen-bond donors (Lipinski definition) is 0. The summed E-state index contributed by atoms with van der Waals surface area (Å²) in [5.41, 5.74) is 2.19. The Morgan fingerprint density at radius 3 is 2.87 bits per heavy atom. The molecule has 5 nitrogen and oxygen atoms in total. The van der Waals surface area contributed by atoms with Crippen molar-refractivity contribution in [2.45, 2.75) is 62.6 Å². The van der Waals surface area contributed by atoms with Gasteiger partial charge in [0.05, 0.1) is 24.1 Å². The van der Waals surface area contributed by atoms with Crippen LogP contribution in [0.1, 0.15) is 35.8 Å². The molecule has 0 unspecified atom stereocenters. The van der Waals surface area contributed by atoms with Gasteiger partial charge in [0.1, 0.15) is 10.1 Å². The fraction of sp³-hybridized carbons (Fsp3) is 0.435. The van der Waals surface area contributed by atoms with Gasteiger partial charge in [0, 0.05) is 11.5 Å². The number of nitrogens with zero attached hydrogens (tertiary/aromatic N) is 3. The maximum atomic E-state index is 13.5. The van der Waals surface area contributed by atoms with E-state index in [1.165, 1.54) is 11.8 Å². The van der Waals surface area contributed by atoms with Gasteiger partial charge >= 0.3 is 0 Å². The molecule has 1 saturated heterocycles. The summed E-state index contributed by atoms with van der Waals surface area (Å²) >= 11 is 2.96. The molecule has 1 aromatic carbocycles. The monoisotopic (exact) mass is 439 g/mol. The van der Waals surface area contributed by atoms with Crippen molar-refractivity contribution >= 4 is 33.3 Å². The van der Waals surface area contributed by atoms with Crippen molar-refractivity contribution in [1.29, 1.82) is 5.26 Å². The fourth-order valence-electron chi connectivity index (χ4n) is 3.97. The van der Waals surface area contributed by atoms with Gasteiger partial charge in [0.25, 0.3) is 5.56 Å². The minimum absolute atomic E-state index is 0.00407. The van der Waals surface area contributed by atoms with Gasteiger partial charge in [-0.05, 0) is 43.7 Å². The summed E-state index contributed by atoms with van der Waals surface area (Å²) in [4.78, 5) is 20.3. The van der Waals surface area contributed by atoms with E-state index in [-0.39, 0.29) is 16.9 Å². The molecule has 0 bridgehead atoms. The number of hydrogen-bond acceptors (Lipinski definition) is 6. The van der Waals surface area contributed by atoms with Gasteiger partial charge in [-0.2, -0.15) is 5.26 Å². The molecule has 2 aromatic heterocycles. The van der Waals surface area contributed by atoms with E-state index in [9.17, 15) is 10.1 Å². The summed E-state index contributed by atoms with van der Waals surface area (Å²) in [6.45, 7) is 5.36. The maximum Gasteiger partial charge on any atom is 0.263 e. The Kier molecular flexibility index (Phi) is 6.57. The van der Waals surface area contributed by atoms with Crippen molar-refractivity contribution < 1.29 is 4.74 Å². The SMILES string of the molecule is CCc1c(C)sc2nc(S[C@@H](C#N)Cc3ccccc3)n(C[C@H]3CCCO3)c(=O)c12. The first-order chi connectivity index (χ1) is 14.6. The summed E-state index contributed by atoms with van der Waals surface area (Å²) in [5.74, 6) is 0. The minimum atomic E-state index is -0.320. The predicted molar refractivity (Wildman–Crippen MR) is 122 cm³/mol. The van der Waals surface area contributed by atoms with E-state index in [1.54, 1.807) is 15.9 Å². The first-order valence-electron chi connectivity index (χ1n) is 10.3. The van der Waals surface area contributed by atoms with E-state index >= 15 is 0 Å². The van der Waals surface area contributed by atoms with Gasteiger partial charge in [-0.1, -0.05) is 49.0 Å². The lowest BCUT2D eigenvalue weighted by molar-refractivity contribution is 0.0937. The van der Waals surface area contributed by atoms with Gasteiger partial charge in [-0.3, -0.25) is 9.36 Å². The van der Waals surface area contributed by atoms with E-state index in [0.29, 0.717) is 18.1 Å². The largest absolute Gasteiger partial charge is 0.376 e. The molecule has 3 heterocycles. The zero-order chi connectivity index (χ0) is 21.1. The lowest BCUT2D eigenvalue weighted by Gasteiger charge is -2.17. The van der Waals surface area contributed by atoms with E-state index in [4.69, 9.17) is 9.72 Å². The highest BCUT2D eigenvalue weighted by Gasteiger charge is 2.24. The Balaban J connectivity index is 1.74. The molecule has 0 amide bonds. The molecule has 7 heteroatoms. The van der Waals surface area contributed by atoms with Gasteiger partial charge in [-0.25, -0.2) is 4.98 Å². The Bertz CT molecular complexity index is 1130. The van der Waals surface area contributed by atoms with Crippen molar-refractivity contribution in [2.75, 3.05) is 6.61 Å². The van der Waals surface area contributed by atoms with Crippen LogP contribution in [-0.2, 0) is 24.1 Å². The van der Waals surface area contributed by atoms with Crippen molar-refractivity contribution in [3.05, 3.63) is 56.7 Å². The second-order valence-corrected chi connectivity index (χ2v) is 9.91. The molecule has 156 valence electrons. The molecular formula is C23H25N3O2S2. The molecule has 2 atom stereocenters.